The lowest BCUT2D eigenvalue weighted by atomic mass is 9.76. The van der Waals surface area contributed by atoms with Gasteiger partial charge in [-0.05, 0) is 49.8 Å². The van der Waals surface area contributed by atoms with Crippen LogP contribution in [0.15, 0.2) is 24.5 Å². The molecule has 3 rings (SSSR count). The molecule has 0 fully saturated rings. The second kappa shape index (κ2) is 7.87. The van der Waals surface area contributed by atoms with Gasteiger partial charge in [0.25, 0.3) is 5.91 Å². The maximum atomic E-state index is 12.3. The van der Waals surface area contributed by atoms with Gasteiger partial charge in [-0.3, -0.25) is 4.79 Å². The summed E-state index contributed by atoms with van der Waals surface area (Å²) in [7, 11) is -0.960. The maximum Gasteiger partial charge on any atom is 0.492 e. The largest absolute Gasteiger partial charge is 0.492 e. The predicted molar refractivity (Wildman–Crippen MR) is 104 cm³/mol. The van der Waals surface area contributed by atoms with Crippen LogP contribution < -0.4 is 15.5 Å². The number of hydrogen-bond acceptors (Lipinski definition) is 7. The van der Waals surface area contributed by atoms with Crippen molar-refractivity contribution in [1.82, 2.24) is 15.3 Å². The molecule has 1 aromatic heterocycles. The van der Waals surface area contributed by atoms with Crippen LogP contribution in [-0.4, -0.2) is 44.8 Å². The van der Waals surface area contributed by atoms with E-state index >= 15 is 0 Å². The third kappa shape index (κ3) is 4.16. The summed E-state index contributed by atoms with van der Waals surface area (Å²) in [5, 5.41) is 22.8. The molecule has 1 amide bonds. The number of nitrogens with zero attached hydrogens (tertiary/aromatic N) is 2. The fraction of sp³-hybridized carbons (Fsp3) is 0.421. The van der Waals surface area contributed by atoms with Crippen molar-refractivity contribution in [3.8, 4) is 11.6 Å². The van der Waals surface area contributed by atoms with Crippen LogP contribution in [0.25, 0.3) is 0 Å². The lowest BCUT2D eigenvalue weighted by Crippen LogP contribution is -2.49. The SMILES string of the molecule is CC[C@@H](NC(=O)c1cnc(Oc2ccc3c(c2C)B(O)OC3)cn1)C(C)(C)O. The molecule has 0 aliphatic carbocycles. The van der Waals surface area contributed by atoms with Crippen LogP contribution in [0.2, 0.25) is 0 Å². The second-order valence-corrected chi connectivity index (χ2v) is 7.35. The Hall–Kier alpha value is -2.49. The molecule has 28 heavy (non-hydrogen) atoms. The molecule has 0 spiro atoms. The lowest BCUT2D eigenvalue weighted by Gasteiger charge is -2.29. The molecular formula is C19H24BN3O5. The number of rotatable bonds is 6. The predicted octanol–water partition coefficient (Wildman–Crippen LogP) is 1.07. The smallest absolute Gasteiger partial charge is 0.437 e. The van der Waals surface area contributed by atoms with E-state index in [1.54, 1.807) is 19.9 Å². The van der Waals surface area contributed by atoms with E-state index in [4.69, 9.17) is 9.39 Å². The standard InChI is InChI=1S/C19H24BN3O5/c1-5-15(19(3,4)25)23-18(24)13-8-22-16(9-21-13)28-14-7-6-12-10-27-20(26)17(12)11(14)2/h6-9,15,25-26H,5,10H2,1-4H3,(H,23,24)/t15-/m1/s1. The van der Waals surface area contributed by atoms with Crippen LogP contribution in [0, 0.1) is 6.92 Å². The molecule has 2 heterocycles. The number of carbonyl (C=O) groups is 1. The van der Waals surface area contributed by atoms with E-state index < -0.39 is 24.7 Å². The van der Waals surface area contributed by atoms with Crippen molar-refractivity contribution in [2.45, 2.75) is 52.4 Å². The minimum absolute atomic E-state index is 0.129. The highest BCUT2D eigenvalue weighted by atomic mass is 16.5. The second-order valence-electron chi connectivity index (χ2n) is 7.35. The van der Waals surface area contributed by atoms with E-state index in [-0.39, 0.29) is 11.6 Å². The summed E-state index contributed by atoms with van der Waals surface area (Å²) in [6.45, 7) is 7.37. The Morgan fingerprint density at radius 2 is 2.14 bits per heavy atom. The topological polar surface area (TPSA) is 114 Å². The first-order chi connectivity index (χ1) is 13.2. The number of amides is 1. The van der Waals surface area contributed by atoms with Gasteiger partial charge in [0.05, 0.1) is 30.6 Å². The van der Waals surface area contributed by atoms with Crippen molar-refractivity contribution in [2.24, 2.45) is 0 Å². The minimum atomic E-state index is -1.04. The normalized spacial score (nSPS) is 14.6. The molecule has 0 radical (unpaired) electrons. The van der Waals surface area contributed by atoms with Crippen LogP contribution in [-0.2, 0) is 11.3 Å². The summed E-state index contributed by atoms with van der Waals surface area (Å²) >= 11 is 0. The molecule has 148 valence electrons. The van der Waals surface area contributed by atoms with Gasteiger partial charge >= 0.3 is 7.12 Å². The molecule has 2 aromatic rings. The lowest BCUT2D eigenvalue weighted by molar-refractivity contribution is 0.0336. The number of nitrogens with one attached hydrogen (secondary N) is 1. The molecule has 0 saturated carbocycles. The Kier molecular flexibility index (Phi) is 5.69. The zero-order chi connectivity index (χ0) is 20.5. The minimum Gasteiger partial charge on any atom is -0.437 e. The Bertz CT molecular complexity index is 867. The molecule has 1 aliphatic heterocycles. The molecule has 9 heteroatoms. The van der Waals surface area contributed by atoms with Crippen LogP contribution in [0.4, 0.5) is 0 Å². The summed E-state index contributed by atoms with van der Waals surface area (Å²) in [5.74, 6) is 0.340. The van der Waals surface area contributed by atoms with Gasteiger partial charge in [-0.2, -0.15) is 0 Å². The van der Waals surface area contributed by atoms with Crippen LogP contribution in [0.1, 0.15) is 48.8 Å². The monoisotopic (exact) mass is 385 g/mol. The first-order valence-electron chi connectivity index (χ1n) is 9.16. The molecule has 1 aromatic carbocycles. The summed E-state index contributed by atoms with van der Waals surface area (Å²) in [6, 6.07) is 3.22. The molecule has 0 saturated heterocycles. The number of carbonyl (C=O) groups excluding carboxylic acids is 1. The Balaban J connectivity index is 1.72. The van der Waals surface area contributed by atoms with Crippen molar-refractivity contribution < 1.29 is 24.3 Å². The number of fused-ring (bicyclic) bond motifs is 1. The third-order valence-corrected chi connectivity index (χ3v) is 4.84. The fourth-order valence-corrected chi connectivity index (χ4v) is 3.21. The Labute approximate surface area is 164 Å². The number of ether oxygens (including phenoxy) is 1. The average Bonchev–Trinajstić information content (AvgIpc) is 3.03. The summed E-state index contributed by atoms with van der Waals surface area (Å²) in [6.07, 6.45) is 3.26. The molecule has 8 nitrogen and oxygen atoms in total. The molecule has 1 atom stereocenters. The molecule has 1 aliphatic rings. The molecule has 0 unspecified atom stereocenters. The first-order valence-corrected chi connectivity index (χ1v) is 9.16. The van der Waals surface area contributed by atoms with Crippen LogP contribution >= 0.6 is 0 Å². The van der Waals surface area contributed by atoms with E-state index in [0.29, 0.717) is 24.2 Å². The van der Waals surface area contributed by atoms with Gasteiger partial charge in [0.1, 0.15) is 11.4 Å². The zero-order valence-electron chi connectivity index (χ0n) is 16.4. The first kappa shape index (κ1) is 20.3. The van der Waals surface area contributed by atoms with Gasteiger partial charge < -0.3 is 24.8 Å². The van der Waals surface area contributed by atoms with Gasteiger partial charge in [-0.25, -0.2) is 9.97 Å². The highest BCUT2D eigenvalue weighted by molar-refractivity contribution is 6.62. The van der Waals surface area contributed by atoms with Crippen molar-refractivity contribution in [3.63, 3.8) is 0 Å². The zero-order valence-corrected chi connectivity index (χ0v) is 16.4. The van der Waals surface area contributed by atoms with E-state index in [9.17, 15) is 14.9 Å². The number of hydrogen-bond donors (Lipinski definition) is 3. The van der Waals surface area contributed by atoms with E-state index in [0.717, 1.165) is 11.1 Å². The number of aliphatic hydroxyl groups is 1. The fourth-order valence-electron chi connectivity index (χ4n) is 3.21. The summed E-state index contributed by atoms with van der Waals surface area (Å²) < 4.78 is 11.0. The van der Waals surface area contributed by atoms with E-state index in [1.807, 2.05) is 19.9 Å². The third-order valence-electron chi connectivity index (χ3n) is 4.84. The Morgan fingerprint density at radius 1 is 1.39 bits per heavy atom. The van der Waals surface area contributed by atoms with Crippen molar-refractivity contribution >= 4 is 18.5 Å². The van der Waals surface area contributed by atoms with Gasteiger partial charge in [0, 0.05) is 0 Å². The van der Waals surface area contributed by atoms with Crippen molar-refractivity contribution in [1.29, 1.82) is 0 Å². The van der Waals surface area contributed by atoms with Crippen LogP contribution in [0.3, 0.4) is 0 Å². The number of benzene rings is 1. The van der Waals surface area contributed by atoms with Crippen molar-refractivity contribution in [2.75, 3.05) is 0 Å². The average molecular weight is 385 g/mol. The maximum absolute atomic E-state index is 12.3. The van der Waals surface area contributed by atoms with Crippen LogP contribution in [0.5, 0.6) is 11.6 Å². The van der Waals surface area contributed by atoms with Crippen molar-refractivity contribution in [3.05, 3.63) is 41.3 Å². The highest BCUT2D eigenvalue weighted by Crippen LogP contribution is 2.25. The van der Waals surface area contributed by atoms with E-state index in [1.165, 1.54) is 12.4 Å². The highest BCUT2D eigenvalue weighted by Gasteiger charge is 2.31. The number of aromatic nitrogens is 2. The molecular weight excluding hydrogens is 361 g/mol. The quantitative estimate of drug-likeness (QED) is 0.638. The van der Waals surface area contributed by atoms with E-state index in [2.05, 4.69) is 15.3 Å². The Morgan fingerprint density at radius 3 is 2.75 bits per heavy atom. The van der Waals surface area contributed by atoms with Gasteiger partial charge in [-0.1, -0.05) is 13.0 Å². The summed E-state index contributed by atoms with van der Waals surface area (Å²) in [4.78, 5) is 20.6. The summed E-state index contributed by atoms with van der Waals surface area (Å²) in [5.41, 5.74) is 1.48. The van der Waals surface area contributed by atoms with Gasteiger partial charge in [0.2, 0.25) is 5.88 Å². The molecule has 3 N–H and O–H groups in total. The van der Waals surface area contributed by atoms with Gasteiger partial charge in [-0.15, -0.1) is 0 Å². The molecule has 0 bridgehead atoms. The van der Waals surface area contributed by atoms with Gasteiger partial charge in [0.15, 0.2) is 0 Å².